The first-order chi connectivity index (χ1) is 10.9. The molecule has 2 amide bonds. The number of hydrogen-bond acceptors (Lipinski definition) is 4. The van der Waals surface area contributed by atoms with Gasteiger partial charge in [-0.1, -0.05) is 13.8 Å². The van der Waals surface area contributed by atoms with Crippen LogP contribution < -0.4 is 10.6 Å². The molecule has 5 rings (SSSR count). The Morgan fingerprint density at radius 2 is 1.96 bits per heavy atom. The summed E-state index contributed by atoms with van der Waals surface area (Å²) < 4.78 is 4.12. The smallest absolute Gasteiger partial charge is 0.321 e. The normalized spacial score (nSPS) is 38.1. The summed E-state index contributed by atoms with van der Waals surface area (Å²) in [6.07, 6.45) is 7.55. The van der Waals surface area contributed by atoms with Crippen molar-refractivity contribution in [3.05, 3.63) is 5.82 Å². The Morgan fingerprint density at radius 1 is 1.26 bits per heavy atom. The molecule has 5 nitrogen and oxygen atoms in total. The quantitative estimate of drug-likeness (QED) is 0.879. The fourth-order valence-corrected chi connectivity index (χ4v) is 6.44. The summed E-state index contributed by atoms with van der Waals surface area (Å²) in [5.41, 5.74) is 0.439. The zero-order valence-corrected chi connectivity index (χ0v) is 15.0. The average Bonchev–Trinajstić information content (AvgIpc) is 2.81. The molecule has 4 saturated carbocycles. The largest absolute Gasteiger partial charge is 0.332 e. The SMILES string of the molecule is Cc1nsc(NC(=O)NC23CC4CC(C2)CC(C(C)C)(C4)C3)n1. The Morgan fingerprint density at radius 3 is 2.52 bits per heavy atom. The Hall–Kier alpha value is -1.17. The highest BCUT2D eigenvalue weighted by molar-refractivity contribution is 7.09. The molecular weight excluding hydrogens is 308 g/mol. The number of hydrogen-bond donors (Lipinski definition) is 2. The van der Waals surface area contributed by atoms with E-state index in [9.17, 15) is 4.79 Å². The van der Waals surface area contributed by atoms with E-state index in [1.54, 1.807) is 0 Å². The summed E-state index contributed by atoms with van der Waals surface area (Å²) in [5, 5.41) is 6.81. The van der Waals surface area contributed by atoms with Crippen LogP contribution in [0.1, 0.15) is 58.2 Å². The van der Waals surface area contributed by atoms with Gasteiger partial charge in [0, 0.05) is 17.1 Å². The van der Waals surface area contributed by atoms with Gasteiger partial charge in [-0.2, -0.15) is 4.37 Å². The van der Waals surface area contributed by atoms with E-state index in [1.165, 1.54) is 30.8 Å². The van der Waals surface area contributed by atoms with Gasteiger partial charge < -0.3 is 5.32 Å². The van der Waals surface area contributed by atoms with Crippen LogP contribution >= 0.6 is 11.5 Å². The second-order valence-corrected chi connectivity index (χ2v) is 9.24. The van der Waals surface area contributed by atoms with E-state index < -0.39 is 0 Å². The molecule has 2 atom stereocenters. The summed E-state index contributed by atoms with van der Waals surface area (Å²) in [6.45, 7) is 6.57. The predicted octanol–water partition coefficient (Wildman–Crippen LogP) is 3.96. The molecule has 1 heterocycles. The van der Waals surface area contributed by atoms with E-state index in [0.717, 1.165) is 31.1 Å². The van der Waals surface area contributed by atoms with E-state index in [0.29, 0.717) is 22.3 Å². The van der Waals surface area contributed by atoms with Gasteiger partial charge in [-0.3, -0.25) is 5.32 Å². The molecule has 1 aromatic heterocycles. The number of carbonyl (C=O) groups is 1. The van der Waals surface area contributed by atoms with Gasteiger partial charge in [0.25, 0.3) is 0 Å². The first-order valence-electron chi connectivity index (χ1n) is 8.78. The second kappa shape index (κ2) is 5.16. The average molecular weight is 334 g/mol. The first kappa shape index (κ1) is 15.4. The highest BCUT2D eigenvalue weighted by atomic mass is 32.1. The lowest BCUT2D eigenvalue weighted by Gasteiger charge is -2.63. The molecule has 0 spiro atoms. The summed E-state index contributed by atoms with van der Waals surface area (Å²) in [7, 11) is 0. The van der Waals surface area contributed by atoms with Gasteiger partial charge in [0.05, 0.1) is 0 Å². The van der Waals surface area contributed by atoms with Crippen LogP contribution in [-0.2, 0) is 0 Å². The van der Waals surface area contributed by atoms with Crippen LogP contribution in [0.3, 0.4) is 0 Å². The molecule has 2 unspecified atom stereocenters. The van der Waals surface area contributed by atoms with Crippen molar-refractivity contribution in [2.45, 2.75) is 64.8 Å². The number of anilines is 1. The van der Waals surface area contributed by atoms with E-state index in [-0.39, 0.29) is 11.6 Å². The third-order valence-corrected chi connectivity index (χ3v) is 7.18. The fourth-order valence-electron chi connectivity index (χ4n) is 5.87. The second-order valence-electron chi connectivity index (χ2n) is 8.48. The molecule has 2 N–H and O–H groups in total. The van der Waals surface area contributed by atoms with Crippen molar-refractivity contribution in [2.75, 3.05) is 5.32 Å². The third-order valence-electron chi connectivity index (χ3n) is 6.46. The van der Waals surface area contributed by atoms with Crippen LogP contribution in [0.15, 0.2) is 0 Å². The molecule has 4 fully saturated rings. The highest BCUT2D eigenvalue weighted by Gasteiger charge is 2.58. The fraction of sp³-hybridized carbons (Fsp3) is 0.824. The highest BCUT2D eigenvalue weighted by Crippen LogP contribution is 2.64. The maximum Gasteiger partial charge on any atom is 0.321 e. The van der Waals surface area contributed by atoms with Crippen LogP contribution in [0.2, 0.25) is 0 Å². The topological polar surface area (TPSA) is 66.9 Å². The molecule has 4 aliphatic rings. The summed E-state index contributed by atoms with van der Waals surface area (Å²) in [5.74, 6) is 2.99. The van der Waals surface area contributed by atoms with Gasteiger partial charge in [-0.15, -0.1) is 0 Å². The summed E-state index contributed by atoms with van der Waals surface area (Å²) in [6, 6.07) is -0.109. The van der Waals surface area contributed by atoms with Crippen molar-refractivity contribution in [2.24, 2.45) is 23.2 Å². The number of nitrogens with zero attached hydrogens (tertiary/aromatic N) is 2. The molecular formula is C17H26N4OS. The van der Waals surface area contributed by atoms with Crippen LogP contribution in [0, 0.1) is 30.1 Å². The minimum atomic E-state index is -0.109. The molecule has 23 heavy (non-hydrogen) atoms. The summed E-state index contributed by atoms with van der Waals surface area (Å²) in [4.78, 5) is 16.7. The number of urea groups is 1. The Bertz CT molecular complexity index is 612. The zero-order valence-electron chi connectivity index (χ0n) is 14.2. The molecule has 0 aliphatic heterocycles. The number of aromatic nitrogens is 2. The molecule has 6 heteroatoms. The predicted molar refractivity (Wildman–Crippen MR) is 91.5 cm³/mol. The molecule has 1 aromatic rings. The van der Waals surface area contributed by atoms with E-state index >= 15 is 0 Å². The zero-order chi connectivity index (χ0) is 16.2. The van der Waals surface area contributed by atoms with Crippen LogP contribution in [0.4, 0.5) is 9.93 Å². The van der Waals surface area contributed by atoms with Crippen LogP contribution in [-0.4, -0.2) is 20.9 Å². The standard InChI is InChI=1S/C17H26N4OS/c1-10(2)16-5-12-4-13(6-16)8-17(7-12,9-16)20-14(22)19-15-18-11(3)21-23-15/h10,12-13H,4-9H2,1-3H3,(H2,18,19,20,21,22). The molecule has 4 bridgehead atoms. The van der Waals surface area contributed by atoms with Crippen LogP contribution in [0.25, 0.3) is 0 Å². The van der Waals surface area contributed by atoms with Crippen LogP contribution in [0.5, 0.6) is 0 Å². The van der Waals surface area contributed by atoms with Crippen molar-refractivity contribution < 1.29 is 4.79 Å². The number of nitrogens with one attached hydrogen (secondary N) is 2. The molecule has 0 radical (unpaired) electrons. The third kappa shape index (κ3) is 2.65. The first-order valence-corrected chi connectivity index (χ1v) is 9.55. The minimum absolute atomic E-state index is 0.00182. The maximum absolute atomic E-state index is 12.5. The summed E-state index contributed by atoms with van der Waals surface area (Å²) >= 11 is 1.24. The molecule has 0 aromatic carbocycles. The van der Waals surface area contributed by atoms with Gasteiger partial charge in [0.2, 0.25) is 5.13 Å². The lowest BCUT2D eigenvalue weighted by atomic mass is 9.44. The van der Waals surface area contributed by atoms with E-state index in [2.05, 4.69) is 33.8 Å². The monoisotopic (exact) mass is 334 g/mol. The van der Waals surface area contributed by atoms with E-state index in [4.69, 9.17) is 0 Å². The van der Waals surface area contributed by atoms with Gasteiger partial charge in [0.1, 0.15) is 5.82 Å². The van der Waals surface area contributed by atoms with Crippen molar-refractivity contribution in [1.82, 2.24) is 14.7 Å². The number of rotatable bonds is 3. The van der Waals surface area contributed by atoms with Crippen molar-refractivity contribution >= 4 is 22.7 Å². The lowest BCUT2D eigenvalue weighted by molar-refractivity contribution is -0.0994. The Balaban J connectivity index is 1.50. The Kier molecular flexibility index (Phi) is 3.45. The van der Waals surface area contributed by atoms with Gasteiger partial charge >= 0.3 is 6.03 Å². The maximum atomic E-state index is 12.5. The van der Waals surface area contributed by atoms with Gasteiger partial charge in [-0.25, -0.2) is 9.78 Å². The number of aryl methyl sites for hydroxylation is 1. The number of amides is 2. The molecule has 126 valence electrons. The number of carbonyl (C=O) groups excluding carboxylic acids is 1. The van der Waals surface area contributed by atoms with Crippen molar-refractivity contribution in [1.29, 1.82) is 0 Å². The van der Waals surface area contributed by atoms with Gasteiger partial charge in [-0.05, 0) is 68.6 Å². The molecule has 4 aliphatic carbocycles. The van der Waals surface area contributed by atoms with E-state index in [1.807, 2.05) is 6.92 Å². The lowest BCUT2D eigenvalue weighted by Crippen LogP contribution is -2.64. The molecule has 0 saturated heterocycles. The van der Waals surface area contributed by atoms with Crippen molar-refractivity contribution in [3.63, 3.8) is 0 Å². The van der Waals surface area contributed by atoms with Crippen molar-refractivity contribution in [3.8, 4) is 0 Å². The van der Waals surface area contributed by atoms with Gasteiger partial charge in [0.15, 0.2) is 0 Å². The minimum Gasteiger partial charge on any atom is -0.332 e. The Labute approximate surface area is 141 Å².